The van der Waals surface area contributed by atoms with Crippen LogP contribution >= 0.6 is 0 Å². The summed E-state index contributed by atoms with van der Waals surface area (Å²) in [6.07, 6.45) is 5.06. The van der Waals surface area contributed by atoms with Gasteiger partial charge < -0.3 is 20.1 Å². The maximum atomic E-state index is 9.26. The minimum atomic E-state index is 0.226. The number of aliphatic hydroxyl groups is 1. The Morgan fingerprint density at radius 2 is 2.28 bits per heavy atom. The molecular formula is C14H28N2O2. The van der Waals surface area contributed by atoms with Crippen molar-refractivity contribution >= 4 is 0 Å². The quantitative estimate of drug-likeness (QED) is 0.709. The molecular weight excluding hydrogens is 228 g/mol. The molecule has 0 radical (unpaired) electrons. The topological polar surface area (TPSA) is 44.7 Å². The molecule has 2 rings (SSSR count). The van der Waals surface area contributed by atoms with Gasteiger partial charge in [-0.1, -0.05) is 0 Å². The molecule has 4 heteroatoms. The standard InChI is InChI=1S/C14H28N2O2/c1-12(8-17)16(2)10-14(6-3-7-18-11-14)9-15-13-4-5-13/h12-13,15,17H,3-11H2,1-2H3. The van der Waals surface area contributed by atoms with E-state index in [2.05, 4.69) is 24.2 Å². The van der Waals surface area contributed by atoms with Crippen molar-refractivity contribution in [2.24, 2.45) is 5.41 Å². The smallest absolute Gasteiger partial charge is 0.0584 e. The van der Waals surface area contributed by atoms with Gasteiger partial charge in [-0.2, -0.15) is 0 Å². The van der Waals surface area contributed by atoms with E-state index in [-0.39, 0.29) is 18.1 Å². The van der Waals surface area contributed by atoms with E-state index in [1.807, 2.05) is 0 Å². The summed E-state index contributed by atoms with van der Waals surface area (Å²) >= 11 is 0. The molecule has 0 amide bonds. The summed E-state index contributed by atoms with van der Waals surface area (Å²) in [5.74, 6) is 0. The van der Waals surface area contributed by atoms with Crippen molar-refractivity contribution in [2.45, 2.75) is 44.7 Å². The van der Waals surface area contributed by atoms with Gasteiger partial charge in [0.25, 0.3) is 0 Å². The van der Waals surface area contributed by atoms with Gasteiger partial charge in [0.1, 0.15) is 0 Å². The number of aliphatic hydroxyl groups excluding tert-OH is 1. The predicted molar refractivity (Wildman–Crippen MR) is 72.7 cm³/mol. The summed E-state index contributed by atoms with van der Waals surface area (Å²) in [4.78, 5) is 2.27. The van der Waals surface area contributed by atoms with Crippen LogP contribution in [0.15, 0.2) is 0 Å². The third-order valence-corrected chi connectivity index (χ3v) is 4.35. The van der Waals surface area contributed by atoms with Gasteiger partial charge in [-0.25, -0.2) is 0 Å². The molecule has 0 aromatic heterocycles. The Bertz CT molecular complexity index is 250. The van der Waals surface area contributed by atoms with E-state index in [0.29, 0.717) is 0 Å². The molecule has 1 saturated carbocycles. The number of likely N-dealkylation sites (N-methyl/N-ethyl adjacent to an activating group) is 1. The van der Waals surface area contributed by atoms with Gasteiger partial charge >= 0.3 is 0 Å². The first-order valence-corrected chi connectivity index (χ1v) is 7.27. The number of ether oxygens (including phenoxy) is 1. The van der Waals surface area contributed by atoms with E-state index in [1.165, 1.54) is 19.3 Å². The fraction of sp³-hybridized carbons (Fsp3) is 1.00. The van der Waals surface area contributed by atoms with E-state index >= 15 is 0 Å². The lowest BCUT2D eigenvalue weighted by Gasteiger charge is -2.41. The second-order valence-corrected chi connectivity index (χ2v) is 6.26. The number of nitrogens with zero attached hydrogens (tertiary/aromatic N) is 1. The number of hydrogen-bond donors (Lipinski definition) is 2. The zero-order chi connectivity index (χ0) is 13.0. The zero-order valence-electron chi connectivity index (χ0n) is 11.8. The van der Waals surface area contributed by atoms with Crippen LogP contribution in [0, 0.1) is 5.41 Å². The molecule has 0 aromatic rings. The van der Waals surface area contributed by atoms with Crippen molar-refractivity contribution in [1.82, 2.24) is 10.2 Å². The molecule has 1 saturated heterocycles. The highest BCUT2D eigenvalue weighted by Gasteiger charge is 2.36. The maximum absolute atomic E-state index is 9.26. The molecule has 1 aliphatic carbocycles. The van der Waals surface area contributed by atoms with Gasteiger partial charge in [0, 0.05) is 37.2 Å². The van der Waals surface area contributed by atoms with Gasteiger partial charge in [-0.3, -0.25) is 0 Å². The van der Waals surface area contributed by atoms with Gasteiger partial charge in [-0.05, 0) is 39.7 Å². The Labute approximate surface area is 111 Å². The van der Waals surface area contributed by atoms with Crippen LogP contribution in [0.4, 0.5) is 0 Å². The molecule has 0 aromatic carbocycles. The normalized spacial score (nSPS) is 30.7. The average Bonchev–Trinajstić information content (AvgIpc) is 3.20. The Kier molecular flexibility index (Phi) is 5.01. The van der Waals surface area contributed by atoms with Crippen molar-refractivity contribution < 1.29 is 9.84 Å². The summed E-state index contributed by atoms with van der Waals surface area (Å²) in [5.41, 5.74) is 0.235. The second-order valence-electron chi connectivity index (χ2n) is 6.26. The largest absolute Gasteiger partial charge is 0.395 e. The molecule has 106 valence electrons. The lowest BCUT2D eigenvalue weighted by Crippen LogP contribution is -2.50. The summed E-state index contributed by atoms with van der Waals surface area (Å²) in [6, 6.07) is 0.981. The van der Waals surface area contributed by atoms with Crippen LogP contribution in [0.3, 0.4) is 0 Å². The van der Waals surface area contributed by atoms with Gasteiger partial charge in [-0.15, -0.1) is 0 Å². The fourth-order valence-corrected chi connectivity index (χ4v) is 2.70. The van der Waals surface area contributed by atoms with Crippen molar-refractivity contribution in [3.05, 3.63) is 0 Å². The minimum absolute atomic E-state index is 0.226. The van der Waals surface area contributed by atoms with Gasteiger partial charge in [0.05, 0.1) is 13.2 Å². The molecule has 2 N–H and O–H groups in total. The SMILES string of the molecule is CC(CO)N(C)CC1(CNC2CC2)CCCOC1. The third-order valence-electron chi connectivity index (χ3n) is 4.35. The highest BCUT2D eigenvalue weighted by molar-refractivity contribution is 4.91. The van der Waals surface area contributed by atoms with Crippen molar-refractivity contribution in [3.8, 4) is 0 Å². The summed E-state index contributed by atoms with van der Waals surface area (Å²) in [6.45, 7) is 6.13. The van der Waals surface area contributed by atoms with Crippen LogP contribution < -0.4 is 5.32 Å². The fourth-order valence-electron chi connectivity index (χ4n) is 2.70. The Balaban J connectivity index is 1.89. The van der Waals surface area contributed by atoms with Crippen LogP contribution in [0.5, 0.6) is 0 Å². The van der Waals surface area contributed by atoms with E-state index < -0.39 is 0 Å². The second kappa shape index (κ2) is 6.33. The molecule has 2 fully saturated rings. The highest BCUT2D eigenvalue weighted by Crippen LogP contribution is 2.31. The third kappa shape index (κ3) is 3.92. The van der Waals surface area contributed by atoms with Crippen LogP contribution in [0.25, 0.3) is 0 Å². The Morgan fingerprint density at radius 1 is 1.50 bits per heavy atom. The summed E-state index contributed by atoms with van der Waals surface area (Å²) in [5, 5.41) is 12.9. The number of rotatable bonds is 7. The molecule has 1 heterocycles. The van der Waals surface area contributed by atoms with E-state index in [4.69, 9.17) is 4.74 Å². The number of hydrogen-bond acceptors (Lipinski definition) is 4. The molecule has 1 aliphatic heterocycles. The van der Waals surface area contributed by atoms with Crippen LogP contribution in [-0.2, 0) is 4.74 Å². The molecule has 18 heavy (non-hydrogen) atoms. The molecule has 4 nitrogen and oxygen atoms in total. The monoisotopic (exact) mass is 256 g/mol. The van der Waals surface area contributed by atoms with Gasteiger partial charge in [0.2, 0.25) is 0 Å². The zero-order valence-corrected chi connectivity index (χ0v) is 11.8. The average molecular weight is 256 g/mol. The van der Waals surface area contributed by atoms with E-state index in [9.17, 15) is 5.11 Å². The lowest BCUT2D eigenvalue weighted by atomic mass is 9.81. The molecule has 2 atom stereocenters. The van der Waals surface area contributed by atoms with Crippen LogP contribution in [0.1, 0.15) is 32.6 Å². The lowest BCUT2D eigenvalue weighted by molar-refractivity contribution is -0.0305. The Morgan fingerprint density at radius 3 is 2.83 bits per heavy atom. The van der Waals surface area contributed by atoms with Crippen molar-refractivity contribution in [3.63, 3.8) is 0 Å². The first-order valence-electron chi connectivity index (χ1n) is 7.27. The maximum Gasteiger partial charge on any atom is 0.0584 e. The van der Waals surface area contributed by atoms with Gasteiger partial charge in [0.15, 0.2) is 0 Å². The molecule has 2 unspecified atom stereocenters. The highest BCUT2D eigenvalue weighted by atomic mass is 16.5. The summed E-state index contributed by atoms with van der Waals surface area (Å²) < 4.78 is 5.72. The predicted octanol–water partition coefficient (Wildman–Crippen LogP) is 0.848. The molecule has 0 spiro atoms. The first kappa shape index (κ1) is 14.3. The van der Waals surface area contributed by atoms with E-state index in [1.54, 1.807) is 0 Å². The van der Waals surface area contributed by atoms with Crippen LogP contribution in [0.2, 0.25) is 0 Å². The molecule has 0 bridgehead atoms. The van der Waals surface area contributed by atoms with E-state index in [0.717, 1.165) is 38.8 Å². The summed E-state index contributed by atoms with van der Waals surface area (Å²) in [7, 11) is 2.11. The van der Waals surface area contributed by atoms with Crippen LogP contribution in [-0.4, -0.2) is 62.0 Å². The Hall–Kier alpha value is -0.160. The minimum Gasteiger partial charge on any atom is -0.395 e. The molecule has 2 aliphatic rings. The van der Waals surface area contributed by atoms with Crippen molar-refractivity contribution in [1.29, 1.82) is 0 Å². The number of nitrogens with one attached hydrogen (secondary N) is 1. The first-order chi connectivity index (χ1) is 8.65. The van der Waals surface area contributed by atoms with Crippen molar-refractivity contribution in [2.75, 3.05) is 40.0 Å².